The highest BCUT2D eigenvalue weighted by molar-refractivity contribution is 7.92. The average molecular weight is 409 g/mol. The van der Waals surface area contributed by atoms with Crippen LogP contribution in [0.5, 0.6) is 0 Å². The molecule has 2 N–H and O–H groups in total. The first-order chi connectivity index (χ1) is 12.8. The van der Waals surface area contributed by atoms with Gasteiger partial charge in [-0.25, -0.2) is 13.4 Å². The minimum Gasteiger partial charge on any atom is -0.357 e. The molecule has 0 saturated heterocycles. The maximum atomic E-state index is 11.6. The van der Waals surface area contributed by atoms with Gasteiger partial charge in [-0.05, 0) is 36.2 Å². The van der Waals surface area contributed by atoms with Gasteiger partial charge in [0.05, 0.1) is 18.5 Å². The van der Waals surface area contributed by atoms with E-state index in [4.69, 9.17) is 11.6 Å². The number of guanidine groups is 1. The first kappa shape index (κ1) is 21.1. The molecule has 8 heteroatoms. The van der Waals surface area contributed by atoms with E-state index in [-0.39, 0.29) is 0 Å². The number of benzene rings is 2. The zero-order valence-electron chi connectivity index (χ0n) is 15.7. The van der Waals surface area contributed by atoms with E-state index < -0.39 is 10.0 Å². The van der Waals surface area contributed by atoms with Gasteiger partial charge >= 0.3 is 0 Å². The number of hydrogen-bond acceptors (Lipinski definition) is 3. The van der Waals surface area contributed by atoms with Crippen molar-refractivity contribution in [2.75, 3.05) is 24.6 Å². The van der Waals surface area contributed by atoms with Gasteiger partial charge in [-0.15, -0.1) is 0 Å². The van der Waals surface area contributed by atoms with Gasteiger partial charge in [-0.1, -0.05) is 41.9 Å². The van der Waals surface area contributed by atoms with Gasteiger partial charge in [-0.3, -0.25) is 4.72 Å². The van der Waals surface area contributed by atoms with Crippen molar-refractivity contribution in [3.63, 3.8) is 0 Å². The van der Waals surface area contributed by atoms with E-state index in [0.29, 0.717) is 23.8 Å². The highest BCUT2D eigenvalue weighted by atomic mass is 35.5. The Labute approximate surface area is 166 Å². The van der Waals surface area contributed by atoms with Crippen LogP contribution in [0.1, 0.15) is 18.1 Å². The molecule has 0 spiro atoms. The van der Waals surface area contributed by atoms with Crippen molar-refractivity contribution >= 4 is 33.3 Å². The van der Waals surface area contributed by atoms with Crippen molar-refractivity contribution in [3.05, 3.63) is 64.7 Å². The fourth-order valence-corrected chi connectivity index (χ4v) is 3.25. The Kier molecular flexibility index (Phi) is 7.50. The number of para-hydroxylation sites is 1. The second-order valence-electron chi connectivity index (χ2n) is 6.18. The molecule has 146 valence electrons. The number of nitrogens with zero attached hydrogens (tertiary/aromatic N) is 2. The quantitative estimate of drug-likeness (QED) is 0.544. The van der Waals surface area contributed by atoms with Crippen molar-refractivity contribution < 1.29 is 8.42 Å². The molecule has 0 fully saturated rings. The summed E-state index contributed by atoms with van der Waals surface area (Å²) in [6.45, 7) is 3.76. The van der Waals surface area contributed by atoms with Crippen LogP contribution in [-0.2, 0) is 23.1 Å². The fraction of sp³-hybridized carbons (Fsp3) is 0.316. The Morgan fingerprint density at radius 2 is 1.81 bits per heavy atom. The van der Waals surface area contributed by atoms with E-state index >= 15 is 0 Å². The fourth-order valence-electron chi connectivity index (χ4n) is 2.53. The SMILES string of the molecule is CCNC(=NCc1ccccc1NS(C)(=O)=O)N(C)Cc1ccc(Cl)cc1. The lowest BCUT2D eigenvalue weighted by molar-refractivity contribution is 0.477. The summed E-state index contributed by atoms with van der Waals surface area (Å²) in [7, 11) is -1.39. The van der Waals surface area contributed by atoms with Crippen LogP contribution < -0.4 is 10.0 Å². The standard InChI is InChI=1S/C19H25ClN4O2S/c1-4-21-19(24(2)14-15-9-11-17(20)12-10-15)22-13-16-7-5-6-8-18(16)23-27(3,25)26/h5-12,23H,4,13-14H2,1-3H3,(H,21,22). The number of sulfonamides is 1. The third-order valence-electron chi connectivity index (χ3n) is 3.74. The summed E-state index contributed by atoms with van der Waals surface area (Å²) >= 11 is 5.94. The molecule has 0 aliphatic heterocycles. The monoisotopic (exact) mass is 408 g/mol. The zero-order valence-corrected chi connectivity index (χ0v) is 17.3. The summed E-state index contributed by atoms with van der Waals surface area (Å²) in [5, 5.41) is 3.97. The lowest BCUT2D eigenvalue weighted by atomic mass is 10.2. The molecule has 0 aliphatic rings. The van der Waals surface area contributed by atoms with Crippen molar-refractivity contribution in [3.8, 4) is 0 Å². The lowest BCUT2D eigenvalue weighted by Gasteiger charge is -2.22. The first-order valence-electron chi connectivity index (χ1n) is 8.58. The predicted octanol–water partition coefficient (Wildman–Crippen LogP) is 3.31. The van der Waals surface area contributed by atoms with Gasteiger partial charge in [0.2, 0.25) is 10.0 Å². The van der Waals surface area contributed by atoms with Crippen LogP contribution in [0.15, 0.2) is 53.5 Å². The molecule has 0 saturated carbocycles. The van der Waals surface area contributed by atoms with Crippen LogP contribution in [-0.4, -0.2) is 39.1 Å². The molecule has 0 heterocycles. The van der Waals surface area contributed by atoms with E-state index in [1.54, 1.807) is 12.1 Å². The molecule has 2 aromatic carbocycles. The van der Waals surface area contributed by atoms with E-state index in [1.165, 1.54) is 0 Å². The Balaban J connectivity index is 2.16. The Hall–Kier alpha value is -2.25. The smallest absolute Gasteiger partial charge is 0.229 e. The molecule has 2 aromatic rings. The normalized spacial score (nSPS) is 11.9. The van der Waals surface area contributed by atoms with E-state index in [1.807, 2.05) is 55.3 Å². The molecule has 27 heavy (non-hydrogen) atoms. The largest absolute Gasteiger partial charge is 0.357 e. The van der Waals surface area contributed by atoms with Crippen LogP contribution in [0, 0.1) is 0 Å². The maximum absolute atomic E-state index is 11.6. The van der Waals surface area contributed by atoms with Gasteiger partial charge in [0.25, 0.3) is 0 Å². The van der Waals surface area contributed by atoms with Gasteiger partial charge in [0, 0.05) is 25.2 Å². The molecule has 6 nitrogen and oxygen atoms in total. The van der Waals surface area contributed by atoms with Gasteiger partial charge in [0.15, 0.2) is 5.96 Å². The topological polar surface area (TPSA) is 73.8 Å². The van der Waals surface area contributed by atoms with Crippen LogP contribution >= 0.6 is 11.6 Å². The van der Waals surface area contributed by atoms with Gasteiger partial charge < -0.3 is 10.2 Å². The number of nitrogens with one attached hydrogen (secondary N) is 2. The summed E-state index contributed by atoms with van der Waals surface area (Å²) in [6.07, 6.45) is 1.14. The minimum atomic E-state index is -3.34. The van der Waals surface area contributed by atoms with Crippen molar-refractivity contribution in [1.29, 1.82) is 0 Å². The molecular formula is C19H25ClN4O2S. The van der Waals surface area contributed by atoms with Crippen LogP contribution in [0.2, 0.25) is 5.02 Å². The average Bonchev–Trinajstić information content (AvgIpc) is 2.60. The molecule has 0 unspecified atom stereocenters. The van der Waals surface area contributed by atoms with Crippen LogP contribution in [0.25, 0.3) is 0 Å². The molecule has 0 amide bonds. The zero-order chi connectivity index (χ0) is 19.9. The van der Waals surface area contributed by atoms with Crippen LogP contribution in [0.3, 0.4) is 0 Å². The van der Waals surface area contributed by atoms with E-state index in [0.717, 1.165) is 29.9 Å². The first-order valence-corrected chi connectivity index (χ1v) is 10.8. The predicted molar refractivity (Wildman–Crippen MR) is 113 cm³/mol. The molecule has 2 rings (SSSR count). The summed E-state index contributed by atoms with van der Waals surface area (Å²) in [6, 6.07) is 14.9. The lowest BCUT2D eigenvalue weighted by Crippen LogP contribution is -2.38. The molecule has 0 radical (unpaired) electrons. The number of rotatable bonds is 7. The molecule has 0 aromatic heterocycles. The van der Waals surface area contributed by atoms with E-state index in [9.17, 15) is 8.42 Å². The van der Waals surface area contributed by atoms with Crippen molar-refractivity contribution in [1.82, 2.24) is 10.2 Å². The number of anilines is 1. The summed E-state index contributed by atoms with van der Waals surface area (Å²) in [4.78, 5) is 6.67. The molecular weight excluding hydrogens is 384 g/mol. The highest BCUT2D eigenvalue weighted by Crippen LogP contribution is 2.17. The highest BCUT2D eigenvalue weighted by Gasteiger charge is 2.09. The summed E-state index contributed by atoms with van der Waals surface area (Å²) < 4.78 is 25.6. The second-order valence-corrected chi connectivity index (χ2v) is 8.37. The second kappa shape index (κ2) is 9.62. The van der Waals surface area contributed by atoms with Crippen LogP contribution in [0.4, 0.5) is 5.69 Å². The molecule has 0 aliphatic carbocycles. The molecule has 0 atom stereocenters. The van der Waals surface area contributed by atoms with Crippen molar-refractivity contribution in [2.45, 2.75) is 20.0 Å². The Morgan fingerprint density at radius 1 is 1.15 bits per heavy atom. The molecule has 0 bridgehead atoms. The number of hydrogen-bond donors (Lipinski definition) is 2. The maximum Gasteiger partial charge on any atom is 0.229 e. The van der Waals surface area contributed by atoms with Gasteiger partial charge in [0.1, 0.15) is 0 Å². The number of aliphatic imine (C=N–C) groups is 1. The summed E-state index contributed by atoms with van der Waals surface area (Å²) in [5.74, 6) is 0.738. The third kappa shape index (κ3) is 7.11. The van der Waals surface area contributed by atoms with Crippen molar-refractivity contribution in [2.24, 2.45) is 4.99 Å². The summed E-state index contributed by atoms with van der Waals surface area (Å²) in [5.41, 5.74) is 2.46. The minimum absolute atomic E-state index is 0.353. The third-order valence-corrected chi connectivity index (χ3v) is 4.58. The number of halogens is 1. The Morgan fingerprint density at radius 3 is 2.44 bits per heavy atom. The van der Waals surface area contributed by atoms with Gasteiger partial charge in [-0.2, -0.15) is 0 Å². The Bertz CT molecular complexity index is 883. The van der Waals surface area contributed by atoms with E-state index in [2.05, 4.69) is 15.0 Å².